The minimum Gasteiger partial charge on any atom is -0.373 e. The van der Waals surface area contributed by atoms with E-state index in [1.165, 1.54) is 25.7 Å². The zero-order valence-electron chi connectivity index (χ0n) is 11.1. The first kappa shape index (κ1) is 12.2. The molecule has 1 aliphatic carbocycles. The second-order valence-electron chi connectivity index (χ2n) is 5.74. The maximum Gasteiger partial charge on any atom is 0.128 e. The molecule has 3 nitrogen and oxygen atoms in total. The number of rotatable bonds is 3. The zero-order chi connectivity index (χ0) is 12.3. The summed E-state index contributed by atoms with van der Waals surface area (Å²) < 4.78 is 0. The number of pyridine rings is 1. The van der Waals surface area contributed by atoms with Gasteiger partial charge < -0.3 is 10.6 Å². The number of hydrogen-bond donors (Lipinski definition) is 2. The summed E-state index contributed by atoms with van der Waals surface area (Å²) in [5.41, 5.74) is 0.526. The van der Waals surface area contributed by atoms with Gasteiger partial charge >= 0.3 is 0 Å². The van der Waals surface area contributed by atoms with E-state index in [0.717, 1.165) is 11.6 Å². The van der Waals surface area contributed by atoms with Gasteiger partial charge in [-0.25, -0.2) is 4.98 Å². The van der Waals surface area contributed by atoms with E-state index >= 15 is 0 Å². The molecule has 0 saturated heterocycles. The van der Waals surface area contributed by atoms with E-state index in [1.54, 1.807) is 0 Å². The Labute approximate surface area is 104 Å². The predicted octanol–water partition coefficient (Wildman–Crippen LogP) is 3.50. The maximum atomic E-state index is 4.50. The highest BCUT2D eigenvalue weighted by atomic mass is 15.1. The van der Waals surface area contributed by atoms with Crippen LogP contribution in [0.4, 0.5) is 11.6 Å². The molecule has 0 amide bonds. The fraction of sp³-hybridized carbons (Fsp3) is 0.643. The summed E-state index contributed by atoms with van der Waals surface area (Å²) in [6.45, 7) is 4.73. The lowest BCUT2D eigenvalue weighted by Gasteiger charge is -2.34. The third-order valence-corrected chi connectivity index (χ3v) is 3.70. The minimum absolute atomic E-state index is 0.526. The van der Waals surface area contributed by atoms with Crippen molar-refractivity contribution >= 4 is 11.6 Å². The van der Waals surface area contributed by atoms with Gasteiger partial charge in [0, 0.05) is 13.1 Å². The maximum absolute atomic E-state index is 4.50. The molecule has 0 spiro atoms. The first-order chi connectivity index (χ1) is 8.09. The van der Waals surface area contributed by atoms with Crippen molar-refractivity contribution in [3.05, 3.63) is 18.2 Å². The summed E-state index contributed by atoms with van der Waals surface area (Å²) in [6, 6.07) is 6.64. The summed E-state index contributed by atoms with van der Waals surface area (Å²) in [4.78, 5) is 4.50. The van der Waals surface area contributed by atoms with Gasteiger partial charge in [-0.3, -0.25) is 0 Å². The molecule has 3 heteroatoms. The van der Waals surface area contributed by atoms with Crippen molar-refractivity contribution < 1.29 is 0 Å². The molecule has 0 radical (unpaired) electrons. The largest absolute Gasteiger partial charge is 0.373 e. The number of nitrogens with zero attached hydrogens (tertiary/aromatic N) is 1. The van der Waals surface area contributed by atoms with Crippen molar-refractivity contribution in [1.29, 1.82) is 0 Å². The Morgan fingerprint density at radius 2 is 1.82 bits per heavy atom. The average molecular weight is 233 g/mol. The van der Waals surface area contributed by atoms with Gasteiger partial charge in [-0.2, -0.15) is 0 Å². The van der Waals surface area contributed by atoms with Crippen LogP contribution in [0, 0.1) is 5.41 Å². The van der Waals surface area contributed by atoms with Crippen molar-refractivity contribution in [2.75, 3.05) is 17.7 Å². The van der Waals surface area contributed by atoms with Crippen LogP contribution in [0.5, 0.6) is 0 Å². The second-order valence-corrected chi connectivity index (χ2v) is 5.74. The van der Waals surface area contributed by atoms with Gasteiger partial charge in [0.05, 0.1) is 0 Å². The van der Waals surface area contributed by atoms with Crippen LogP contribution in [-0.2, 0) is 0 Å². The van der Waals surface area contributed by atoms with Gasteiger partial charge in [-0.15, -0.1) is 0 Å². The predicted molar refractivity (Wildman–Crippen MR) is 73.4 cm³/mol. The van der Waals surface area contributed by atoms with Crippen molar-refractivity contribution in [2.45, 2.75) is 45.6 Å². The Balaban J connectivity index is 1.93. The number of nitrogens with one attached hydrogen (secondary N) is 2. The van der Waals surface area contributed by atoms with Crippen molar-refractivity contribution in [3.63, 3.8) is 0 Å². The Kier molecular flexibility index (Phi) is 3.55. The number of aromatic nitrogens is 1. The molecule has 0 aromatic carbocycles. The molecule has 1 aromatic rings. The third kappa shape index (κ3) is 3.35. The molecule has 1 saturated carbocycles. The Morgan fingerprint density at radius 1 is 1.18 bits per heavy atom. The van der Waals surface area contributed by atoms with E-state index < -0.39 is 0 Å². The lowest BCUT2D eigenvalue weighted by atomic mass is 9.75. The highest BCUT2D eigenvalue weighted by molar-refractivity contribution is 5.45. The van der Waals surface area contributed by atoms with E-state index in [1.807, 2.05) is 25.2 Å². The Morgan fingerprint density at radius 3 is 2.47 bits per heavy atom. The molecule has 1 fully saturated rings. The summed E-state index contributed by atoms with van der Waals surface area (Å²) in [6.07, 6.45) is 5.10. The Bertz CT molecular complexity index is 363. The van der Waals surface area contributed by atoms with E-state index in [0.29, 0.717) is 11.5 Å². The molecule has 1 aromatic heterocycles. The Hall–Kier alpha value is -1.25. The molecule has 1 aliphatic rings. The smallest absolute Gasteiger partial charge is 0.128 e. The highest BCUT2D eigenvalue weighted by Gasteiger charge is 2.26. The molecule has 0 bridgehead atoms. The first-order valence-corrected chi connectivity index (χ1v) is 6.50. The first-order valence-electron chi connectivity index (χ1n) is 6.50. The molecule has 17 heavy (non-hydrogen) atoms. The van der Waals surface area contributed by atoms with Crippen LogP contribution in [0.25, 0.3) is 0 Å². The summed E-state index contributed by atoms with van der Waals surface area (Å²) >= 11 is 0. The van der Waals surface area contributed by atoms with E-state index in [2.05, 4.69) is 29.5 Å². The minimum atomic E-state index is 0.526. The van der Waals surface area contributed by atoms with Crippen LogP contribution in [0.15, 0.2) is 18.2 Å². The van der Waals surface area contributed by atoms with Gasteiger partial charge in [0.2, 0.25) is 0 Å². The average Bonchev–Trinajstić information content (AvgIpc) is 2.32. The zero-order valence-corrected chi connectivity index (χ0v) is 11.1. The number of hydrogen-bond acceptors (Lipinski definition) is 3. The normalized spacial score (nSPS) is 19.9. The van der Waals surface area contributed by atoms with Crippen LogP contribution >= 0.6 is 0 Å². The summed E-state index contributed by atoms with van der Waals surface area (Å²) in [7, 11) is 1.90. The molecule has 1 heterocycles. The lowest BCUT2D eigenvalue weighted by molar-refractivity contribution is 0.232. The van der Waals surface area contributed by atoms with Crippen LogP contribution < -0.4 is 10.6 Å². The second kappa shape index (κ2) is 4.94. The highest BCUT2D eigenvalue weighted by Crippen LogP contribution is 2.35. The fourth-order valence-corrected chi connectivity index (χ4v) is 2.41. The standard InChI is InChI=1S/C14H23N3/c1-14(2)9-7-11(8-10-14)16-13-6-4-5-12(15-3)17-13/h4-6,11H,7-10H2,1-3H3,(H2,15,16,17). The van der Waals surface area contributed by atoms with Gasteiger partial charge in [0.1, 0.15) is 11.6 Å². The molecule has 2 N–H and O–H groups in total. The third-order valence-electron chi connectivity index (χ3n) is 3.70. The van der Waals surface area contributed by atoms with Gasteiger partial charge in [-0.1, -0.05) is 19.9 Å². The molecule has 2 rings (SSSR count). The lowest BCUT2D eigenvalue weighted by Crippen LogP contribution is -2.30. The van der Waals surface area contributed by atoms with Gasteiger partial charge in [-0.05, 0) is 43.2 Å². The van der Waals surface area contributed by atoms with Crippen LogP contribution in [0.2, 0.25) is 0 Å². The van der Waals surface area contributed by atoms with E-state index in [-0.39, 0.29) is 0 Å². The molecule has 94 valence electrons. The topological polar surface area (TPSA) is 37.0 Å². The summed E-state index contributed by atoms with van der Waals surface area (Å²) in [5.74, 6) is 1.91. The van der Waals surface area contributed by atoms with E-state index in [9.17, 15) is 0 Å². The van der Waals surface area contributed by atoms with Crippen LogP contribution in [0.1, 0.15) is 39.5 Å². The van der Waals surface area contributed by atoms with Gasteiger partial charge in [0.15, 0.2) is 0 Å². The van der Waals surface area contributed by atoms with Gasteiger partial charge in [0.25, 0.3) is 0 Å². The SMILES string of the molecule is CNc1cccc(NC2CCC(C)(C)CC2)n1. The van der Waals surface area contributed by atoms with Crippen LogP contribution in [-0.4, -0.2) is 18.1 Å². The molecular formula is C14H23N3. The molecule has 0 aliphatic heterocycles. The monoisotopic (exact) mass is 233 g/mol. The van der Waals surface area contributed by atoms with Crippen molar-refractivity contribution in [1.82, 2.24) is 4.98 Å². The number of anilines is 2. The molecule has 0 unspecified atom stereocenters. The summed E-state index contributed by atoms with van der Waals surface area (Å²) in [5, 5.41) is 6.61. The molecular weight excluding hydrogens is 210 g/mol. The quantitative estimate of drug-likeness (QED) is 0.839. The van der Waals surface area contributed by atoms with E-state index in [4.69, 9.17) is 0 Å². The van der Waals surface area contributed by atoms with Crippen molar-refractivity contribution in [3.8, 4) is 0 Å². The van der Waals surface area contributed by atoms with Crippen LogP contribution in [0.3, 0.4) is 0 Å². The molecule has 0 atom stereocenters. The fourth-order valence-electron chi connectivity index (χ4n) is 2.41. The van der Waals surface area contributed by atoms with Crippen molar-refractivity contribution in [2.24, 2.45) is 5.41 Å².